The van der Waals surface area contributed by atoms with Gasteiger partial charge in [-0.3, -0.25) is 9.59 Å². The molecule has 2 saturated carbocycles. The van der Waals surface area contributed by atoms with Crippen LogP contribution in [0.15, 0.2) is 12.1 Å². The second-order valence-electron chi connectivity index (χ2n) is 8.42. The number of ether oxygens (including phenoxy) is 1. The molecule has 0 heterocycles. The maximum absolute atomic E-state index is 12.7. The van der Waals surface area contributed by atoms with Gasteiger partial charge in [0.25, 0.3) is 0 Å². The van der Waals surface area contributed by atoms with Crippen molar-refractivity contribution in [3.63, 3.8) is 0 Å². The third kappa shape index (κ3) is 4.72. The van der Waals surface area contributed by atoms with Gasteiger partial charge in [-0.1, -0.05) is 31.4 Å². The molecule has 0 spiro atoms. The maximum atomic E-state index is 12.7. The lowest BCUT2D eigenvalue weighted by atomic mass is 9.74. The number of carbonyl (C=O) groups excluding carboxylic acids is 2. The summed E-state index contributed by atoms with van der Waals surface area (Å²) in [6, 6.07) is 4.49. The van der Waals surface area contributed by atoms with E-state index in [1.54, 1.807) is 0 Å². The fourth-order valence-corrected chi connectivity index (χ4v) is 4.41. The number of carbonyl (C=O) groups is 2. The Kier molecular flexibility index (Phi) is 6.23. The van der Waals surface area contributed by atoms with Crippen LogP contribution in [-0.2, 0) is 20.7 Å². The topological polar surface area (TPSA) is 55.4 Å². The molecule has 27 heavy (non-hydrogen) atoms. The van der Waals surface area contributed by atoms with Crippen LogP contribution in [0.1, 0.15) is 80.0 Å². The number of esters is 1. The first-order valence-electron chi connectivity index (χ1n) is 10.5. The lowest BCUT2D eigenvalue weighted by Crippen LogP contribution is -2.45. The second kappa shape index (κ2) is 8.45. The summed E-state index contributed by atoms with van der Waals surface area (Å²) >= 11 is 0. The highest BCUT2D eigenvalue weighted by Crippen LogP contribution is 2.41. The van der Waals surface area contributed by atoms with Crippen LogP contribution in [-0.4, -0.2) is 25.0 Å². The van der Waals surface area contributed by atoms with Gasteiger partial charge in [-0.25, -0.2) is 0 Å². The lowest BCUT2D eigenvalue weighted by Gasteiger charge is -2.34. The fraction of sp³-hybridized carbons (Fsp3) is 0.652. The van der Waals surface area contributed by atoms with Gasteiger partial charge < -0.3 is 10.1 Å². The van der Waals surface area contributed by atoms with Crippen molar-refractivity contribution < 1.29 is 14.3 Å². The molecule has 2 aliphatic rings. The largest absolute Gasteiger partial charge is 0.466 e. The van der Waals surface area contributed by atoms with Gasteiger partial charge in [0.1, 0.15) is 0 Å². The number of rotatable bonds is 7. The molecule has 0 radical (unpaired) electrons. The molecule has 0 aliphatic heterocycles. The normalized spacial score (nSPS) is 18.8. The molecule has 148 valence electrons. The first-order valence-corrected chi connectivity index (χ1v) is 10.5. The maximum Gasteiger partial charge on any atom is 0.313 e. The molecule has 1 aromatic carbocycles. The molecular formula is C23H33NO3. The van der Waals surface area contributed by atoms with Crippen LogP contribution >= 0.6 is 0 Å². The minimum Gasteiger partial charge on any atom is -0.466 e. The van der Waals surface area contributed by atoms with Crippen LogP contribution < -0.4 is 5.32 Å². The molecule has 0 aromatic heterocycles. The number of aryl methyl sites for hydroxylation is 2. The van der Waals surface area contributed by atoms with E-state index >= 15 is 0 Å². The molecule has 3 rings (SSSR count). The SMILES string of the molecule is CCOC(=O)C1(CNC(=O)Cc2c(C)cc(C3CC3)cc2C)CCCCC1. The van der Waals surface area contributed by atoms with Gasteiger partial charge in [-0.05, 0) is 74.6 Å². The summed E-state index contributed by atoms with van der Waals surface area (Å²) in [5.74, 6) is 0.571. The Hall–Kier alpha value is -1.84. The second-order valence-corrected chi connectivity index (χ2v) is 8.42. The smallest absolute Gasteiger partial charge is 0.313 e. The van der Waals surface area contributed by atoms with E-state index in [-0.39, 0.29) is 11.9 Å². The minimum atomic E-state index is -0.538. The third-order valence-corrected chi connectivity index (χ3v) is 6.25. The quantitative estimate of drug-likeness (QED) is 0.725. The third-order valence-electron chi connectivity index (χ3n) is 6.25. The first kappa shape index (κ1) is 19.9. The Labute approximate surface area is 163 Å². The Morgan fingerprint density at radius 2 is 1.74 bits per heavy atom. The molecule has 2 aliphatic carbocycles. The zero-order chi connectivity index (χ0) is 19.4. The van der Waals surface area contributed by atoms with Crippen molar-refractivity contribution in [2.75, 3.05) is 13.2 Å². The predicted molar refractivity (Wildman–Crippen MR) is 107 cm³/mol. The van der Waals surface area contributed by atoms with Crippen LogP contribution in [0.5, 0.6) is 0 Å². The summed E-state index contributed by atoms with van der Waals surface area (Å²) in [5, 5.41) is 3.05. The van der Waals surface area contributed by atoms with E-state index in [0.717, 1.165) is 43.6 Å². The van der Waals surface area contributed by atoms with E-state index in [1.165, 1.54) is 29.5 Å². The van der Waals surface area contributed by atoms with Crippen LogP contribution in [0.4, 0.5) is 0 Å². The predicted octanol–water partition coefficient (Wildman–Crippen LogP) is 4.35. The molecule has 2 fully saturated rings. The van der Waals surface area contributed by atoms with E-state index in [4.69, 9.17) is 4.74 Å². The average Bonchev–Trinajstić information content (AvgIpc) is 3.49. The Balaban J connectivity index is 1.63. The molecule has 4 nitrogen and oxygen atoms in total. The van der Waals surface area contributed by atoms with E-state index in [9.17, 15) is 9.59 Å². The van der Waals surface area contributed by atoms with Gasteiger partial charge >= 0.3 is 5.97 Å². The monoisotopic (exact) mass is 371 g/mol. The van der Waals surface area contributed by atoms with Crippen molar-refractivity contribution in [2.45, 2.75) is 78.1 Å². The summed E-state index contributed by atoms with van der Waals surface area (Å²) in [6.45, 7) is 6.82. The Bertz CT molecular complexity index is 677. The van der Waals surface area contributed by atoms with E-state index in [2.05, 4.69) is 31.3 Å². The highest BCUT2D eigenvalue weighted by Gasteiger charge is 2.41. The zero-order valence-corrected chi connectivity index (χ0v) is 17.0. The van der Waals surface area contributed by atoms with Crippen molar-refractivity contribution in [1.29, 1.82) is 0 Å². The van der Waals surface area contributed by atoms with Gasteiger partial charge in [0.15, 0.2) is 0 Å². The molecule has 0 atom stereocenters. The summed E-state index contributed by atoms with van der Waals surface area (Å²) < 4.78 is 5.32. The molecule has 1 aromatic rings. The summed E-state index contributed by atoms with van der Waals surface area (Å²) in [6.07, 6.45) is 7.76. The van der Waals surface area contributed by atoms with Gasteiger partial charge in [0.05, 0.1) is 18.4 Å². The minimum absolute atomic E-state index is 0.00498. The van der Waals surface area contributed by atoms with E-state index in [0.29, 0.717) is 19.6 Å². The van der Waals surface area contributed by atoms with Crippen molar-refractivity contribution in [3.05, 3.63) is 34.4 Å². The molecule has 0 unspecified atom stereocenters. The molecular weight excluding hydrogens is 338 g/mol. The highest BCUT2D eigenvalue weighted by atomic mass is 16.5. The number of nitrogens with one attached hydrogen (secondary N) is 1. The van der Waals surface area contributed by atoms with Gasteiger partial charge in [-0.2, -0.15) is 0 Å². The molecule has 1 N–H and O–H groups in total. The van der Waals surface area contributed by atoms with Gasteiger partial charge in [-0.15, -0.1) is 0 Å². The molecule has 0 bridgehead atoms. The highest BCUT2D eigenvalue weighted by molar-refractivity contribution is 5.82. The van der Waals surface area contributed by atoms with Crippen LogP contribution in [0.25, 0.3) is 0 Å². The van der Waals surface area contributed by atoms with Gasteiger partial charge in [0, 0.05) is 6.54 Å². The summed E-state index contributed by atoms with van der Waals surface area (Å²) in [5.41, 5.74) is 4.39. The number of amides is 1. The van der Waals surface area contributed by atoms with E-state index < -0.39 is 5.41 Å². The summed E-state index contributed by atoms with van der Waals surface area (Å²) in [7, 11) is 0. The first-order chi connectivity index (χ1) is 12.9. The van der Waals surface area contributed by atoms with Gasteiger partial charge in [0.2, 0.25) is 5.91 Å². The Morgan fingerprint density at radius 3 is 2.30 bits per heavy atom. The molecule has 4 heteroatoms. The number of benzene rings is 1. The van der Waals surface area contributed by atoms with Crippen LogP contribution in [0.3, 0.4) is 0 Å². The zero-order valence-electron chi connectivity index (χ0n) is 17.0. The fourth-order valence-electron chi connectivity index (χ4n) is 4.41. The molecule has 1 amide bonds. The van der Waals surface area contributed by atoms with Crippen LogP contribution in [0.2, 0.25) is 0 Å². The number of hydrogen-bond acceptors (Lipinski definition) is 3. The van der Waals surface area contributed by atoms with E-state index in [1.807, 2.05) is 6.92 Å². The lowest BCUT2D eigenvalue weighted by molar-refractivity contribution is -0.157. The van der Waals surface area contributed by atoms with Crippen molar-refractivity contribution in [1.82, 2.24) is 5.32 Å². The Morgan fingerprint density at radius 1 is 1.11 bits per heavy atom. The van der Waals surface area contributed by atoms with Crippen molar-refractivity contribution >= 4 is 11.9 Å². The summed E-state index contributed by atoms with van der Waals surface area (Å²) in [4.78, 5) is 25.2. The van der Waals surface area contributed by atoms with Crippen molar-refractivity contribution in [3.8, 4) is 0 Å². The van der Waals surface area contributed by atoms with Crippen LogP contribution in [0, 0.1) is 19.3 Å². The number of hydrogen-bond donors (Lipinski definition) is 1. The average molecular weight is 372 g/mol. The van der Waals surface area contributed by atoms with Crippen molar-refractivity contribution in [2.24, 2.45) is 5.41 Å². The standard InChI is InChI=1S/C23H33NO3/c1-4-27-22(26)23(10-6-5-7-11-23)15-24-21(25)14-20-16(2)12-19(13-17(20)3)18-8-9-18/h12-13,18H,4-11,14-15H2,1-3H3,(H,24,25). The molecule has 0 saturated heterocycles.